The van der Waals surface area contributed by atoms with Crippen LogP contribution in [0.15, 0.2) is 48.8 Å². The van der Waals surface area contributed by atoms with E-state index in [1.807, 2.05) is 0 Å². The van der Waals surface area contributed by atoms with Gasteiger partial charge in [-0.15, -0.1) is 0 Å². The molecule has 136 valence electrons. The van der Waals surface area contributed by atoms with E-state index in [2.05, 4.69) is 9.17 Å². The predicted molar refractivity (Wildman–Crippen MR) is 83.7 cm³/mol. The number of benzene rings is 1. The Morgan fingerprint density at radius 3 is 2.46 bits per heavy atom. The highest BCUT2D eigenvalue weighted by Gasteiger charge is 2.49. The zero-order chi connectivity index (χ0) is 18.9. The van der Waals surface area contributed by atoms with E-state index >= 15 is 0 Å². The molecule has 1 atom stereocenters. The first kappa shape index (κ1) is 17.9. The van der Waals surface area contributed by atoms with Crippen LogP contribution in [0.2, 0.25) is 0 Å². The summed E-state index contributed by atoms with van der Waals surface area (Å²) in [5.41, 5.74) is -4.91. The van der Waals surface area contributed by atoms with Gasteiger partial charge in [-0.3, -0.25) is 4.98 Å². The number of hydrogen-bond acceptors (Lipinski definition) is 6. The van der Waals surface area contributed by atoms with Crippen molar-refractivity contribution < 1.29 is 35.3 Å². The van der Waals surface area contributed by atoms with E-state index in [9.17, 15) is 26.4 Å². The van der Waals surface area contributed by atoms with Crippen molar-refractivity contribution in [2.45, 2.75) is 11.4 Å². The van der Waals surface area contributed by atoms with E-state index in [4.69, 9.17) is 4.74 Å². The summed E-state index contributed by atoms with van der Waals surface area (Å²) in [5, 5.41) is 0. The first-order valence-corrected chi connectivity index (χ1v) is 8.53. The van der Waals surface area contributed by atoms with E-state index in [0.717, 1.165) is 6.07 Å². The average Bonchev–Trinajstić information content (AvgIpc) is 2.60. The molecule has 0 saturated heterocycles. The third-order valence-corrected chi connectivity index (χ3v) is 4.47. The summed E-state index contributed by atoms with van der Waals surface area (Å²) >= 11 is 0. The molecule has 0 amide bonds. The third-order valence-electron chi connectivity index (χ3n) is 3.51. The minimum Gasteiger partial charge on any atom is -0.453 e. The van der Waals surface area contributed by atoms with Crippen molar-refractivity contribution in [2.75, 3.05) is 0 Å². The van der Waals surface area contributed by atoms with Crippen LogP contribution in [0.25, 0.3) is 5.76 Å². The van der Waals surface area contributed by atoms with Gasteiger partial charge in [0.1, 0.15) is 12.0 Å². The Bertz CT molecular complexity index is 971. The highest BCUT2D eigenvalue weighted by Crippen LogP contribution is 2.44. The molecule has 26 heavy (non-hydrogen) atoms. The maximum atomic E-state index is 12.6. The Labute approximate surface area is 146 Å². The largest absolute Gasteiger partial charge is 0.534 e. The van der Waals surface area contributed by atoms with Gasteiger partial charge in [0.05, 0.1) is 5.92 Å². The lowest BCUT2D eigenvalue weighted by molar-refractivity contribution is -0.108. The van der Waals surface area contributed by atoms with Gasteiger partial charge >= 0.3 is 15.6 Å². The van der Waals surface area contributed by atoms with Crippen LogP contribution in [0.3, 0.4) is 0 Å². The number of pyridine rings is 1. The third kappa shape index (κ3) is 3.27. The lowest BCUT2D eigenvalue weighted by Gasteiger charge is -2.24. The van der Waals surface area contributed by atoms with Crippen molar-refractivity contribution >= 4 is 22.2 Å². The number of aldehydes is 1. The van der Waals surface area contributed by atoms with E-state index in [0.29, 0.717) is 11.8 Å². The molecular weight excluding hydrogens is 375 g/mol. The molecule has 1 unspecified atom stereocenters. The van der Waals surface area contributed by atoms with Crippen molar-refractivity contribution in [1.29, 1.82) is 0 Å². The van der Waals surface area contributed by atoms with Crippen molar-refractivity contribution in [3.8, 4) is 11.5 Å². The topological polar surface area (TPSA) is 82.6 Å². The first-order valence-electron chi connectivity index (χ1n) is 7.12. The number of alkyl halides is 3. The number of para-hydroxylation sites is 1. The maximum absolute atomic E-state index is 12.6. The molecule has 10 heteroatoms. The standard InChI is InChI=1S/C16H10F3NO5S/c17-16(18,19)26(22,23)25-13-3-1-2-12-11(9-21)8-14(24-15(12)13)10-4-6-20-7-5-10/h1-9,11H. The minimum atomic E-state index is -5.89. The predicted octanol–water partition coefficient (Wildman–Crippen LogP) is 3.03. The zero-order valence-electron chi connectivity index (χ0n) is 12.8. The molecule has 3 rings (SSSR count). The van der Waals surface area contributed by atoms with Crippen LogP contribution < -0.4 is 8.92 Å². The summed E-state index contributed by atoms with van der Waals surface area (Å²) in [7, 11) is -5.89. The molecule has 0 radical (unpaired) electrons. The lowest BCUT2D eigenvalue weighted by Crippen LogP contribution is -2.28. The summed E-state index contributed by atoms with van der Waals surface area (Å²) < 4.78 is 70.2. The highest BCUT2D eigenvalue weighted by atomic mass is 32.2. The number of hydrogen-bond donors (Lipinski definition) is 0. The minimum absolute atomic E-state index is 0.164. The second-order valence-corrected chi connectivity index (χ2v) is 6.73. The molecule has 2 aromatic rings. The molecule has 0 bridgehead atoms. The average molecular weight is 385 g/mol. The van der Waals surface area contributed by atoms with Crippen LogP contribution in [-0.2, 0) is 14.9 Å². The Hall–Kier alpha value is -2.88. The highest BCUT2D eigenvalue weighted by molar-refractivity contribution is 7.88. The van der Waals surface area contributed by atoms with Crippen molar-refractivity contribution in [2.24, 2.45) is 0 Å². The number of aromatic nitrogens is 1. The number of carbonyl (C=O) groups excluding carboxylic acids is 1. The van der Waals surface area contributed by atoms with Crippen LogP contribution in [0, 0.1) is 0 Å². The van der Waals surface area contributed by atoms with Gasteiger partial charge in [0.15, 0.2) is 11.5 Å². The van der Waals surface area contributed by atoms with Crippen molar-refractivity contribution in [3.05, 3.63) is 59.9 Å². The van der Waals surface area contributed by atoms with Crippen LogP contribution in [0.5, 0.6) is 11.5 Å². The Morgan fingerprint density at radius 2 is 1.85 bits per heavy atom. The first-order chi connectivity index (χ1) is 12.2. The summed E-state index contributed by atoms with van der Waals surface area (Å²) in [6.45, 7) is 0. The second-order valence-electron chi connectivity index (χ2n) is 5.19. The quantitative estimate of drug-likeness (QED) is 0.457. The molecule has 1 aliphatic heterocycles. The normalized spacial score (nSPS) is 16.9. The molecule has 0 fully saturated rings. The number of halogens is 3. The fourth-order valence-corrected chi connectivity index (χ4v) is 2.78. The number of nitrogens with zero attached hydrogens (tertiary/aromatic N) is 1. The van der Waals surface area contributed by atoms with Gasteiger partial charge in [-0.25, -0.2) is 0 Å². The fraction of sp³-hybridized carbons (Fsp3) is 0.125. The van der Waals surface area contributed by atoms with Gasteiger partial charge in [-0.2, -0.15) is 21.6 Å². The number of fused-ring (bicyclic) bond motifs is 1. The zero-order valence-corrected chi connectivity index (χ0v) is 13.6. The summed E-state index contributed by atoms with van der Waals surface area (Å²) in [6, 6.07) is 6.84. The summed E-state index contributed by atoms with van der Waals surface area (Å²) in [4.78, 5) is 15.2. The van der Waals surface area contributed by atoms with Crippen LogP contribution in [-0.4, -0.2) is 25.2 Å². The van der Waals surface area contributed by atoms with Gasteiger partial charge in [-0.05, 0) is 24.3 Å². The van der Waals surface area contributed by atoms with E-state index in [1.165, 1.54) is 30.6 Å². The van der Waals surface area contributed by atoms with E-state index < -0.39 is 27.3 Å². The van der Waals surface area contributed by atoms with Crippen LogP contribution >= 0.6 is 0 Å². The molecule has 0 aliphatic carbocycles. The Kier molecular flexibility index (Phi) is 4.45. The molecule has 6 nitrogen and oxygen atoms in total. The van der Waals surface area contributed by atoms with Crippen LogP contribution in [0.4, 0.5) is 13.2 Å². The second kappa shape index (κ2) is 6.45. The number of ether oxygens (including phenoxy) is 1. The van der Waals surface area contributed by atoms with Gasteiger partial charge in [-0.1, -0.05) is 12.1 Å². The van der Waals surface area contributed by atoms with Crippen LogP contribution in [0.1, 0.15) is 17.0 Å². The van der Waals surface area contributed by atoms with Gasteiger partial charge in [0, 0.05) is 23.5 Å². The summed E-state index contributed by atoms with van der Waals surface area (Å²) in [5.74, 6) is -1.62. The molecule has 1 aromatic carbocycles. The molecular formula is C16H10F3NO5S. The molecule has 1 aromatic heterocycles. The molecule has 2 heterocycles. The molecule has 0 spiro atoms. The Morgan fingerprint density at radius 1 is 1.15 bits per heavy atom. The molecule has 1 aliphatic rings. The number of allylic oxidation sites excluding steroid dienone is 1. The fourth-order valence-electron chi connectivity index (χ4n) is 2.32. The number of carbonyl (C=O) groups is 1. The summed E-state index contributed by atoms with van der Waals surface area (Å²) in [6.07, 6.45) is 4.94. The number of rotatable bonds is 4. The molecule has 0 N–H and O–H groups in total. The smallest absolute Gasteiger partial charge is 0.453 e. The van der Waals surface area contributed by atoms with E-state index in [1.54, 1.807) is 12.1 Å². The molecule has 0 saturated carbocycles. The van der Waals surface area contributed by atoms with Gasteiger partial charge < -0.3 is 13.7 Å². The van der Waals surface area contributed by atoms with Crippen molar-refractivity contribution in [1.82, 2.24) is 4.98 Å². The monoisotopic (exact) mass is 385 g/mol. The van der Waals surface area contributed by atoms with Crippen molar-refractivity contribution in [3.63, 3.8) is 0 Å². The van der Waals surface area contributed by atoms with E-state index in [-0.39, 0.29) is 17.1 Å². The van der Waals surface area contributed by atoms with Gasteiger partial charge in [0.25, 0.3) is 0 Å². The van der Waals surface area contributed by atoms with Gasteiger partial charge in [0.2, 0.25) is 0 Å². The maximum Gasteiger partial charge on any atom is 0.534 e. The Balaban J connectivity index is 2.07. The lowest BCUT2D eigenvalue weighted by atomic mass is 9.95. The SMILES string of the molecule is O=CC1C=C(c2ccncc2)Oc2c(OS(=O)(=O)C(F)(F)F)cccc21.